The van der Waals surface area contributed by atoms with E-state index in [0.717, 1.165) is 4.90 Å². The Kier molecular flexibility index (Phi) is 5.76. The van der Waals surface area contributed by atoms with Crippen LogP contribution in [0.15, 0.2) is 12.3 Å². The van der Waals surface area contributed by atoms with Crippen molar-refractivity contribution in [3.05, 3.63) is 12.3 Å². The highest BCUT2D eigenvalue weighted by molar-refractivity contribution is 6.08. The number of hydrogen-bond donors (Lipinski definition) is 1. The van der Waals surface area contributed by atoms with Crippen molar-refractivity contribution in [2.75, 3.05) is 11.5 Å². The van der Waals surface area contributed by atoms with Gasteiger partial charge in [-0.3, -0.25) is 0 Å². The molecule has 1 N–H and O–H groups in total. The van der Waals surface area contributed by atoms with Crippen LogP contribution >= 0.6 is 0 Å². The fourth-order valence-electron chi connectivity index (χ4n) is 1.66. The first-order valence-electron chi connectivity index (χ1n) is 7.33. The highest BCUT2D eigenvalue weighted by atomic mass is 16.6. The topological polar surface area (TPSA) is 93.9 Å². The van der Waals surface area contributed by atoms with Gasteiger partial charge in [-0.2, -0.15) is 10.00 Å². The van der Waals surface area contributed by atoms with Crippen molar-refractivity contribution >= 4 is 18.0 Å². The summed E-state index contributed by atoms with van der Waals surface area (Å²) in [6, 6.07) is 1.48. The van der Waals surface area contributed by atoms with Gasteiger partial charge in [0.15, 0.2) is 0 Å². The molecule has 0 aliphatic carbocycles. The maximum atomic E-state index is 12.4. The van der Waals surface area contributed by atoms with E-state index in [1.165, 1.54) is 16.9 Å². The number of aliphatic hydroxyl groups excluding tert-OH is 1. The number of anilines is 1. The van der Waals surface area contributed by atoms with Gasteiger partial charge in [0.1, 0.15) is 17.0 Å². The molecule has 1 heterocycles. The van der Waals surface area contributed by atoms with Crippen LogP contribution in [-0.4, -0.2) is 44.9 Å². The van der Waals surface area contributed by atoms with E-state index in [2.05, 4.69) is 5.10 Å². The van der Waals surface area contributed by atoms with E-state index in [4.69, 9.17) is 14.6 Å². The molecule has 0 radical (unpaired) electrons. The summed E-state index contributed by atoms with van der Waals surface area (Å²) >= 11 is 0. The maximum Gasteiger partial charge on any atom is 0.425 e. The average Bonchev–Trinajstić information content (AvgIpc) is 2.73. The lowest BCUT2D eigenvalue weighted by molar-refractivity contribution is 0.0426. The summed E-state index contributed by atoms with van der Waals surface area (Å²) in [5, 5.41) is 13.1. The van der Waals surface area contributed by atoms with Crippen molar-refractivity contribution in [3.8, 4) is 0 Å². The number of ether oxygens (including phenoxy) is 2. The SMILES string of the molecule is CC(C)(C)OC(=O)N(C(=O)OC(C)(C)C)c1ccnn1CCO. The predicted octanol–water partition coefficient (Wildman–Crippen LogP) is 2.55. The van der Waals surface area contributed by atoms with E-state index >= 15 is 0 Å². The number of amides is 2. The molecule has 130 valence electrons. The van der Waals surface area contributed by atoms with Gasteiger partial charge in [-0.1, -0.05) is 0 Å². The summed E-state index contributed by atoms with van der Waals surface area (Å²) in [6.45, 7) is 10.1. The van der Waals surface area contributed by atoms with Crippen molar-refractivity contribution in [2.45, 2.75) is 59.3 Å². The highest BCUT2D eigenvalue weighted by Crippen LogP contribution is 2.21. The Morgan fingerprint density at radius 3 is 2.00 bits per heavy atom. The van der Waals surface area contributed by atoms with Gasteiger partial charge >= 0.3 is 12.2 Å². The first-order chi connectivity index (χ1) is 10.4. The Labute approximate surface area is 136 Å². The first-order valence-corrected chi connectivity index (χ1v) is 7.33. The minimum atomic E-state index is -0.869. The molecule has 0 saturated heterocycles. The van der Waals surface area contributed by atoms with Crippen molar-refractivity contribution in [2.24, 2.45) is 0 Å². The lowest BCUT2D eigenvalue weighted by atomic mass is 10.2. The Morgan fingerprint density at radius 2 is 1.61 bits per heavy atom. The molecule has 1 aromatic rings. The molecule has 0 atom stereocenters. The smallest absolute Gasteiger partial charge is 0.425 e. The molecule has 0 saturated carbocycles. The zero-order chi connectivity index (χ0) is 17.8. The molecule has 0 aromatic carbocycles. The monoisotopic (exact) mass is 327 g/mol. The highest BCUT2D eigenvalue weighted by Gasteiger charge is 2.34. The molecular formula is C15H25N3O5. The third-order valence-corrected chi connectivity index (χ3v) is 2.39. The third kappa shape index (κ3) is 5.90. The van der Waals surface area contributed by atoms with Crippen LogP contribution in [0.3, 0.4) is 0 Å². The van der Waals surface area contributed by atoms with Gasteiger partial charge in [-0.15, -0.1) is 0 Å². The number of carbonyl (C=O) groups excluding carboxylic acids is 2. The molecule has 0 fully saturated rings. The minimum Gasteiger partial charge on any atom is -0.443 e. The molecule has 1 aromatic heterocycles. The summed E-state index contributed by atoms with van der Waals surface area (Å²) < 4.78 is 11.9. The normalized spacial score (nSPS) is 12.0. The van der Waals surface area contributed by atoms with E-state index in [-0.39, 0.29) is 19.0 Å². The molecule has 1 rings (SSSR count). The fraction of sp³-hybridized carbons (Fsp3) is 0.667. The number of rotatable bonds is 3. The minimum absolute atomic E-state index is 0.129. The van der Waals surface area contributed by atoms with Crippen LogP contribution in [0.4, 0.5) is 15.4 Å². The van der Waals surface area contributed by atoms with E-state index < -0.39 is 23.4 Å². The van der Waals surface area contributed by atoms with Crippen LogP contribution < -0.4 is 4.90 Å². The second kappa shape index (κ2) is 6.99. The number of carbonyl (C=O) groups is 2. The fourth-order valence-corrected chi connectivity index (χ4v) is 1.66. The van der Waals surface area contributed by atoms with Gasteiger partial charge in [0.25, 0.3) is 0 Å². The lowest BCUT2D eigenvalue weighted by Crippen LogP contribution is -2.44. The van der Waals surface area contributed by atoms with Crippen molar-refractivity contribution in [1.29, 1.82) is 0 Å². The number of aromatic nitrogens is 2. The molecule has 23 heavy (non-hydrogen) atoms. The molecule has 0 aliphatic heterocycles. The molecule has 0 spiro atoms. The summed E-state index contributed by atoms with van der Waals surface area (Å²) in [7, 11) is 0. The molecule has 8 heteroatoms. The second-order valence-corrected chi connectivity index (χ2v) is 6.93. The maximum absolute atomic E-state index is 12.4. The molecule has 0 aliphatic rings. The summed E-state index contributed by atoms with van der Waals surface area (Å²) in [5.74, 6) is 0.169. The standard InChI is InChI=1S/C15H25N3O5/c1-14(2,3)22-12(20)18(13(21)23-15(4,5)6)11-7-8-16-17(11)9-10-19/h7-8,19H,9-10H2,1-6H3. The molecule has 2 amide bonds. The van der Waals surface area contributed by atoms with Gasteiger partial charge in [0.05, 0.1) is 19.3 Å². The number of imide groups is 1. The Balaban J connectivity index is 3.17. The first kappa shape index (κ1) is 19.0. The summed E-state index contributed by atoms with van der Waals surface area (Å²) in [6.07, 6.45) is -0.315. The summed E-state index contributed by atoms with van der Waals surface area (Å²) in [5.41, 5.74) is -1.56. The van der Waals surface area contributed by atoms with Crippen molar-refractivity contribution in [1.82, 2.24) is 9.78 Å². The van der Waals surface area contributed by atoms with Gasteiger partial charge < -0.3 is 14.6 Å². The van der Waals surface area contributed by atoms with Gasteiger partial charge in [-0.25, -0.2) is 14.3 Å². The Hall–Kier alpha value is -2.09. The molecule has 8 nitrogen and oxygen atoms in total. The molecule has 0 bridgehead atoms. The van der Waals surface area contributed by atoms with Crippen molar-refractivity contribution < 1.29 is 24.2 Å². The van der Waals surface area contributed by atoms with Crippen LogP contribution in [0.5, 0.6) is 0 Å². The second-order valence-electron chi connectivity index (χ2n) is 6.93. The quantitative estimate of drug-likeness (QED) is 0.917. The Bertz CT molecular complexity index is 526. The third-order valence-electron chi connectivity index (χ3n) is 2.39. The number of nitrogens with zero attached hydrogens (tertiary/aromatic N) is 3. The van der Waals surface area contributed by atoms with E-state index in [0.29, 0.717) is 0 Å². The molecule has 0 unspecified atom stereocenters. The predicted molar refractivity (Wildman–Crippen MR) is 84.3 cm³/mol. The van der Waals surface area contributed by atoms with Crippen LogP contribution in [0, 0.1) is 0 Å². The van der Waals surface area contributed by atoms with E-state index in [1.807, 2.05) is 0 Å². The number of aliphatic hydroxyl groups is 1. The zero-order valence-corrected chi connectivity index (χ0v) is 14.5. The summed E-state index contributed by atoms with van der Waals surface area (Å²) in [4.78, 5) is 25.7. The average molecular weight is 327 g/mol. The van der Waals surface area contributed by atoms with Crippen LogP contribution in [0.25, 0.3) is 0 Å². The zero-order valence-electron chi connectivity index (χ0n) is 14.5. The lowest BCUT2D eigenvalue weighted by Gasteiger charge is -2.28. The van der Waals surface area contributed by atoms with Crippen LogP contribution in [-0.2, 0) is 16.0 Å². The van der Waals surface area contributed by atoms with Crippen LogP contribution in [0.1, 0.15) is 41.5 Å². The number of hydrogen-bond acceptors (Lipinski definition) is 6. The molecular weight excluding hydrogens is 302 g/mol. The Morgan fingerprint density at radius 1 is 1.13 bits per heavy atom. The van der Waals surface area contributed by atoms with Gasteiger partial charge in [0, 0.05) is 6.07 Å². The van der Waals surface area contributed by atoms with Gasteiger partial charge in [0.2, 0.25) is 0 Å². The van der Waals surface area contributed by atoms with E-state index in [9.17, 15) is 9.59 Å². The van der Waals surface area contributed by atoms with Crippen molar-refractivity contribution in [3.63, 3.8) is 0 Å². The largest absolute Gasteiger partial charge is 0.443 e. The van der Waals surface area contributed by atoms with Crippen LogP contribution in [0.2, 0.25) is 0 Å². The van der Waals surface area contributed by atoms with E-state index in [1.54, 1.807) is 41.5 Å². The van der Waals surface area contributed by atoms with Gasteiger partial charge in [-0.05, 0) is 41.5 Å².